The van der Waals surface area contributed by atoms with Gasteiger partial charge in [-0.3, -0.25) is 14.8 Å². The summed E-state index contributed by atoms with van der Waals surface area (Å²) in [6.07, 6.45) is 6.77. The van der Waals surface area contributed by atoms with Gasteiger partial charge in [0.05, 0.1) is 23.5 Å². The molecule has 0 bridgehead atoms. The van der Waals surface area contributed by atoms with Crippen LogP contribution in [0.5, 0.6) is 0 Å². The summed E-state index contributed by atoms with van der Waals surface area (Å²) in [5.41, 5.74) is 5.84. The lowest BCUT2D eigenvalue weighted by molar-refractivity contribution is -0.146. The molecule has 7 heteroatoms. The number of piperazine rings is 1. The summed E-state index contributed by atoms with van der Waals surface area (Å²) >= 11 is 0. The Labute approximate surface area is 183 Å². The Bertz CT molecular complexity index is 923. The number of allylic oxidation sites excluding steroid dienone is 2. The molecule has 2 amide bonds. The smallest absolute Gasteiger partial charge is 0.247 e. The maximum Gasteiger partial charge on any atom is 0.247 e. The van der Waals surface area contributed by atoms with E-state index in [1.54, 1.807) is 5.48 Å². The molecular weight excluding hydrogens is 392 g/mol. The van der Waals surface area contributed by atoms with Crippen molar-refractivity contribution < 1.29 is 14.8 Å². The van der Waals surface area contributed by atoms with E-state index in [1.165, 1.54) is 18.4 Å². The molecule has 1 saturated heterocycles. The zero-order valence-corrected chi connectivity index (χ0v) is 18.0. The minimum atomic E-state index is -0.505. The van der Waals surface area contributed by atoms with Crippen molar-refractivity contribution in [2.75, 3.05) is 31.1 Å². The van der Waals surface area contributed by atoms with E-state index in [0.29, 0.717) is 37.4 Å². The van der Waals surface area contributed by atoms with Crippen molar-refractivity contribution in [3.8, 4) is 6.07 Å². The van der Waals surface area contributed by atoms with Crippen LogP contribution in [0.4, 0.5) is 5.69 Å². The van der Waals surface area contributed by atoms with Gasteiger partial charge < -0.3 is 9.80 Å². The molecule has 0 radical (unpaired) electrons. The van der Waals surface area contributed by atoms with Crippen LogP contribution in [-0.4, -0.2) is 48.1 Å². The zero-order valence-electron chi connectivity index (χ0n) is 18.0. The highest BCUT2D eigenvalue weighted by Gasteiger charge is 2.40. The Balaban J connectivity index is 1.40. The van der Waals surface area contributed by atoms with Gasteiger partial charge in [0, 0.05) is 31.9 Å². The van der Waals surface area contributed by atoms with Crippen LogP contribution in [0.1, 0.15) is 43.2 Å². The lowest BCUT2D eigenvalue weighted by Gasteiger charge is -2.40. The minimum absolute atomic E-state index is 0.0234. The number of rotatable bonds is 4. The van der Waals surface area contributed by atoms with Crippen molar-refractivity contribution >= 4 is 17.5 Å². The SMILES string of the molecule is Cc1cc(C#N)ccc1N1CCN(C(=O)C2CCC(=CC3CC3)CC2C(=O)NO)CC1. The first-order chi connectivity index (χ1) is 15.0. The van der Waals surface area contributed by atoms with E-state index in [0.717, 1.165) is 30.8 Å². The lowest BCUT2D eigenvalue weighted by atomic mass is 9.75. The van der Waals surface area contributed by atoms with E-state index in [2.05, 4.69) is 17.0 Å². The van der Waals surface area contributed by atoms with Crippen molar-refractivity contribution in [2.45, 2.75) is 39.0 Å². The molecule has 2 saturated carbocycles. The fourth-order valence-corrected chi connectivity index (χ4v) is 4.95. The number of nitrogens with zero attached hydrogens (tertiary/aromatic N) is 3. The number of amides is 2. The summed E-state index contributed by atoms with van der Waals surface area (Å²) < 4.78 is 0. The van der Waals surface area contributed by atoms with Crippen LogP contribution in [0.25, 0.3) is 0 Å². The molecule has 2 unspecified atom stereocenters. The largest absolute Gasteiger partial charge is 0.368 e. The van der Waals surface area contributed by atoms with Gasteiger partial charge in [0.15, 0.2) is 0 Å². The van der Waals surface area contributed by atoms with Gasteiger partial charge in [-0.15, -0.1) is 0 Å². The highest BCUT2D eigenvalue weighted by atomic mass is 16.5. The molecule has 4 rings (SSSR count). The number of hydrogen-bond donors (Lipinski definition) is 2. The predicted octanol–water partition coefficient (Wildman–Crippen LogP) is 2.77. The number of anilines is 1. The van der Waals surface area contributed by atoms with Crippen molar-refractivity contribution in [3.05, 3.63) is 41.0 Å². The predicted molar refractivity (Wildman–Crippen MR) is 116 cm³/mol. The highest BCUT2D eigenvalue weighted by molar-refractivity contribution is 5.88. The summed E-state index contributed by atoms with van der Waals surface area (Å²) in [4.78, 5) is 29.8. The fourth-order valence-electron chi connectivity index (χ4n) is 4.95. The molecule has 31 heavy (non-hydrogen) atoms. The summed E-state index contributed by atoms with van der Waals surface area (Å²) in [7, 11) is 0. The summed E-state index contributed by atoms with van der Waals surface area (Å²) in [5, 5.41) is 18.3. The van der Waals surface area contributed by atoms with Crippen molar-refractivity contribution in [3.63, 3.8) is 0 Å². The molecular formula is C24H30N4O3. The van der Waals surface area contributed by atoms with Crippen LogP contribution >= 0.6 is 0 Å². The number of carbonyl (C=O) groups excluding carboxylic acids is 2. The number of hydrogen-bond acceptors (Lipinski definition) is 5. The number of nitrogens with one attached hydrogen (secondary N) is 1. The molecule has 0 aromatic heterocycles. The average molecular weight is 423 g/mol. The monoisotopic (exact) mass is 422 g/mol. The van der Waals surface area contributed by atoms with E-state index >= 15 is 0 Å². The molecule has 164 valence electrons. The number of benzene rings is 1. The Morgan fingerprint density at radius 3 is 2.52 bits per heavy atom. The Morgan fingerprint density at radius 1 is 1.16 bits per heavy atom. The third-order valence-electron chi connectivity index (χ3n) is 6.86. The van der Waals surface area contributed by atoms with Gasteiger partial charge in [0.2, 0.25) is 11.8 Å². The molecule has 0 spiro atoms. The van der Waals surface area contributed by atoms with Crippen LogP contribution in [0.15, 0.2) is 29.8 Å². The molecule has 3 aliphatic rings. The fraction of sp³-hybridized carbons (Fsp3) is 0.542. The van der Waals surface area contributed by atoms with Crippen molar-refractivity contribution in [1.82, 2.24) is 10.4 Å². The standard InChI is InChI=1S/C24H30N4O3/c1-16-12-19(15-25)5-7-22(16)27-8-10-28(11-9-27)24(30)20-6-4-18(13-17-2-3-17)14-21(20)23(29)26-31/h5,7,12-13,17,20-21,31H,2-4,6,8-11,14H2,1H3,(H,26,29). The third kappa shape index (κ3) is 4.75. The Morgan fingerprint density at radius 2 is 1.90 bits per heavy atom. The molecule has 7 nitrogen and oxygen atoms in total. The number of aryl methyl sites for hydroxylation is 1. The molecule has 1 heterocycles. The summed E-state index contributed by atoms with van der Waals surface area (Å²) in [5.74, 6) is -0.678. The van der Waals surface area contributed by atoms with E-state index in [4.69, 9.17) is 5.26 Å². The van der Waals surface area contributed by atoms with E-state index in [1.807, 2.05) is 30.0 Å². The van der Waals surface area contributed by atoms with Crippen LogP contribution in [0, 0.1) is 36.0 Å². The molecule has 2 N–H and O–H groups in total. The second-order valence-electron chi connectivity index (χ2n) is 9.02. The molecule has 3 fully saturated rings. The van der Waals surface area contributed by atoms with Crippen LogP contribution in [-0.2, 0) is 9.59 Å². The lowest BCUT2D eigenvalue weighted by Crippen LogP contribution is -2.53. The van der Waals surface area contributed by atoms with Gasteiger partial charge in [-0.25, -0.2) is 5.48 Å². The van der Waals surface area contributed by atoms with Gasteiger partial charge in [0.1, 0.15) is 0 Å². The number of hydroxylamine groups is 1. The molecule has 2 aliphatic carbocycles. The molecule has 1 aromatic carbocycles. The van der Waals surface area contributed by atoms with Gasteiger partial charge >= 0.3 is 0 Å². The average Bonchev–Trinajstić information content (AvgIpc) is 3.62. The van der Waals surface area contributed by atoms with E-state index in [-0.39, 0.29) is 11.8 Å². The summed E-state index contributed by atoms with van der Waals surface area (Å²) in [6, 6.07) is 7.85. The molecule has 1 aromatic rings. The third-order valence-corrected chi connectivity index (χ3v) is 6.86. The van der Waals surface area contributed by atoms with Crippen LogP contribution in [0.3, 0.4) is 0 Å². The Kier molecular flexibility index (Phi) is 6.28. The first-order valence-corrected chi connectivity index (χ1v) is 11.2. The maximum atomic E-state index is 13.3. The normalized spacial score (nSPS) is 25.3. The quantitative estimate of drug-likeness (QED) is 0.442. The maximum absolute atomic E-state index is 13.3. The zero-order chi connectivity index (χ0) is 22.0. The van der Waals surface area contributed by atoms with Gasteiger partial charge in [-0.05, 0) is 68.7 Å². The molecule has 2 atom stereocenters. The minimum Gasteiger partial charge on any atom is -0.368 e. The second kappa shape index (κ2) is 9.11. The van der Waals surface area contributed by atoms with Crippen LogP contribution < -0.4 is 10.4 Å². The number of carbonyl (C=O) groups is 2. The van der Waals surface area contributed by atoms with E-state index < -0.39 is 11.8 Å². The topological polar surface area (TPSA) is 96.7 Å². The van der Waals surface area contributed by atoms with Crippen molar-refractivity contribution in [1.29, 1.82) is 5.26 Å². The first kappa shape index (κ1) is 21.4. The Hall–Kier alpha value is -2.85. The van der Waals surface area contributed by atoms with Crippen molar-refractivity contribution in [2.24, 2.45) is 17.8 Å². The second-order valence-corrected chi connectivity index (χ2v) is 9.02. The van der Waals surface area contributed by atoms with Crippen LogP contribution in [0.2, 0.25) is 0 Å². The first-order valence-electron chi connectivity index (χ1n) is 11.2. The van der Waals surface area contributed by atoms with E-state index in [9.17, 15) is 14.8 Å². The van der Waals surface area contributed by atoms with Gasteiger partial charge in [-0.2, -0.15) is 5.26 Å². The molecule has 1 aliphatic heterocycles. The van der Waals surface area contributed by atoms with Gasteiger partial charge in [0.25, 0.3) is 0 Å². The number of nitriles is 1. The summed E-state index contributed by atoms with van der Waals surface area (Å²) in [6.45, 7) is 4.64. The van der Waals surface area contributed by atoms with Gasteiger partial charge in [-0.1, -0.05) is 11.6 Å². The highest BCUT2D eigenvalue weighted by Crippen LogP contribution is 2.39.